The van der Waals surface area contributed by atoms with E-state index in [1.54, 1.807) is 30.5 Å². The van der Waals surface area contributed by atoms with Crippen molar-refractivity contribution in [2.75, 3.05) is 0 Å². The Morgan fingerprint density at radius 1 is 0.788 bits per heavy atom. The van der Waals surface area contributed by atoms with Crippen LogP contribution < -0.4 is 5.43 Å². The van der Waals surface area contributed by atoms with Crippen LogP contribution in [-0.4, -0.2) is 15.3 Å². The number of rotatable bonds is 5. The number of hydrogen-bond acceptors (Lipinski definition) is 3. The molecule has 160 valence electrons. The van der Waals surface area contributed by atoms with E-state index in [2.05, 4.69) is 4.98 Å². The van der Waals surface area contributed by atoms with Gasteiger partial charge in [0.15, 0.2) is 5.78 Å². The molecule has 0 bridgehead atoms. The lowest BCUT2D eigenvalue weighted by Gasteiger charge is -2.24. The molecule has 0 amide bonds. The number of aromatic nitrogens is 2. The zero-order valence-corrected chi connectivity index (χ0v) is 18.2. The van der Waals surface area contributed by atoms with Gasteiger partial charge >= 0.3 is 0 Å². The number of fused-ring (bicyclic) bond motifs is 1. The van der Waals surface area contributed by atoms with Gasteiger partial charge in [0.1, 0.15) is 5.65 Å². The summed E-state index contributed by atoms with van der Waals surface area (Å²) in [6.07, 6.45) is 1.68. The van der Waals surface area contributed by atoms with E-state index in [9.17, 15) is 9.59 Å². The van der Waals surface area contributed by atoms with Gasteiger partial charge in [-0.1, -0.05) is 85.8 Å². The first kappa shape index (κ1) is 20.6. The predicted octanol–water partition coefficient (Wildman–Crippen LogP) is 5.77. The largest absolute Gasteiger partial charge is 0.297 e. The second kappa shape index (κ2) is 8.67. The molecule has 0 saturated carbocycles. The number of nitrogens with zero attached hydrogens (tertiary/aromatic N) is 2. The lowest BCUT2D eigenvalue weighted by molar-refractivity contribution is 0.103. The third-order valence-corrected chi connectivity index (χ3v) is 5.95. The number of para-hydroxylation sites is 1. The van der Waals surface area contributed by atoms with Crippen molar-refractivity contribution in [2.45, 2.75) is 12.8 Å². The van der Waals surface area contributed by atoms with Crippen LogP contribution in [0.2, 0.25) is 0 Å². The highest BCUT2D eigenvalue weighted by molar-refractivity contribution is 6.11. The molecule has 2 heterocycles. The van der Waals surface area contributed by atoms with Crippen molar-refractivity contribution in [3.8, 4) is 5.69 Å². The Labute approximate surface area is 191 Å². The Kier molecular flexibility index (Phi) is 5.41. The molecule has 0 aliphatic carbocycles. The zero-order valence-electron chi connectivity index (χ0n) is 18.2. The summed E-state index contributed by atoms with van der Waals surface area (Å²) in [4.78, 5) is 32.2. The van der Waals surface area contributed by atoms with Crippen molar-refractivity contribution < 1.29 is 4.79 Å². The maximum Gasteiger partial charge on any atom is 0.202 e. The van der Waals surface area contributed by atoms with E-state index in [4.69, 9.17) is 0 Å². The van der Waals surface area contributed by atoms with Gasteiger partial charge in [-0.25, -0.2) is 4.98 Å². The molecule has 0 radical (unpaired) electrons. The van der Waals surface area contributed by atoms with Gasteiger partial charge in [0.2, 0.25) is 5.43 Å². The maximum atomic E-state index is 13.8. The fourth-order valence-electron chi connectivity index (χ4n) is 4.33. The summed E-state index contributed by atoms with van der Waals surface area (Å²) in [6, 6.07) is 32.1. The summed E-state index contributed by atoms with van der Waals surface area (Å²) in [5.74, 6) is -0.512. The molecule has 1 unspecified atom stereocenters. The molecule has 5 aromatic rings. The highest BCUT2D eigenvalue weighted by Gasteiger charge is 2.28. The normalized spacial score (nSPS) is 11.9. The monoisotopic (exact) mass is 430 g/mol. The van der Waals surface area contributed by atoms with E-state index in [1.165, 1.54) is 0 Å². The lowest BCUT2D eigenvalue weighted by Crippen LogP contribution is -2.26. The molecule has 4 heteroatoms. The summed E-state index contributed by atoms with van der Waals surface area (Å²) in [5.41, 5.74) is 3.41. The Morgan fingerprint density at radius 3 is 2.06 bits per heavy atom. The van der Waals surface area contributed by atoms with Crippen LogP contribution in [0.4, 0.5) is 0 Å². The van der Waals surface area contributed by atoms with E-state index in [-0.39, 0.29) is 22.7 Å². The molecule has 2 aromatic heterocycles. The molecule has 0 N–H and O–H groups in total. The minimum atomic E-state index is -0.295. The van der Waals surface area contributed by atoms with Gasteiger partial charge < -0.3 is 0 Å². The van der Waals surface area contributed by atoms with E-state index in [0.717, 1.165) is 11.3 Å². The number of carbonyl (C=O) groups excluding carboxylic acids is 1. The molecule has 0 aliphatic heterocycles. The number of benzene rings is 3. The zero-order chi connectivity index (χ0) is 22.8. The van der Waals surface area contributed by atoms with Gasteiger partial charge in [0.05, 0.1) is 10.9 Å². The van der Waals surface area contributed by atoms with Crippen molar-refractivity contribution >= 4 is 16.8 Å². The van der Waals surface area contributed by atoms with Crippen LogP contribution >= 0.6 is 0 Å². The smallest absolute Gasteiger partial charge is 0.202 e. The number of pyridine rings is 2. The third-order valence-electron chi connectivity index (χ3n) is 5.95. The minimum absolute atomic E-state index is 0.182. The second-order valence-corrected chi connectivity index (χ2v) is 7.96. The predicted molar refractivity (Wildman–Crippen MR) is 131 cm³/mol. The average Bonchev–Trinajstić information content (AvgIpc) is 2.89. The Morgan fingerprint density at radius 2 is 1.39 bits per heavy atom. The Bertz CT molecular complexity index is 1490. The highest BCUT2D eigenvalue weighted by Crippen LogP contribution is 2.31. The van der Waals surface area contributed by atoms with Crippen molar-refractivity contribution in [1.82, 2.24) is 9.55 Å². The molecule has 5 rings (SSSR count). The lowest BCUT2D eigenvalue weighted by atomic mass is 9.89. The van der Waals surface area contributed by atoms with Crippen molar-refractivity contribution in [1.29, 1.82) is 0 Å². The maximum absolute atomic E-state index is 13.8. The fraction of sp³-hybridized carbons (Fsp3) is 0.0690. The molecular formula is C29H22N2O2. The number of ketones is 1. The van der Waals surface area contributed by atoms with Gasteiger partial charge in [-0.3, -0.25) is 14.2 Å². The summed E-state index contributed by atoms with van der Waals surface area (Å²) >= 11 is 0. The average molecular weight is 431 g/mol. The standard InChI is InChI=1S/C29H22N2O2/c1-20(21-12-5-2-6-13-21)26-25(27(32)22-14-7-3-8-15-22)28(33)24-18-11-19-30-29(24)31(26)23-16-9-4-10-17-23/h2-20H,1H3. The van der Waals surface area contributed by atoms with Gasteiger partial charge in [-0.05, 0) is 29.8 Å². The topological polar surface area (TPSA) is 52.0 Å². The fourth-order valence-corrected chi connectivity index (χ4v) is 4.33. The SMILES string of the molecule is CC(c1ccccc1)c1c(C(=O)c2ccccc2)c(=O)c2cccnc2n1-c1ccccc1. The summed E-state index contributed by atoms with van der Waals surface area (Å²) < 4.78 is 1.96. The molecule has 0 aliphatic rings. The summed E-state index contributed by atoms with van der Waals surface area (Å²) in [6.45, 7) is 2.03. The molecule has 0 spiro atoms. The van der Waals surface area contributed by atoms with E-state index in [1.807, 2.05) is 90.4 Å². The van der Waals surface area contributed by atoms with Crippen LogP contribution in [0.1, 0.15) is 40.0 Å². The van der Waals surface area contributed by atoms with E-state index in [0.29, 0.717) is 22.3 Å². The molecule has 0 saturated heterocycles. The first-order chi connectivity index (χ1) is 16.2. The van der Waals surface area contributed by atoms with Gasteiger partial charge in [0.25, 0.3) is 0 Å². The van der Waals surface area contributed by atoms with Gasteiger partial charge in [0, 0.05) is 29.1 Å². The molecule has 0 fully saturated rings. The Hall–Kier alpha value is -4.31. The second-order valence-electron chi connectivity index (χ2n) is 7.96. The highest BCUT2D eigenvalue weighted by atomic mass is 16.1. The summed E-state index contributed by atoms with van der Waals surface area (Å²) in [5, 5.41) is 0.421. The van der Waals surface area contributed by atoms with E-state index < -0.39 is 0 Å². The number of carbonyl (C=O) groups is 1. The molecule has 1 atom stereocenters. The van der Waals surface area contributed by atoms with Crippen molar-refractivity contribution in [2.24, 2.45) is 0 Å². The van der Waals surface area contributed by atoms with Crippen LogP contribution in [0.5, 0.6) is 0 Å². The van der Waals surface area contributed by atoms with Gasteiger partial charge in [-0.15, -0.1) is 0 Å². The van der Waals surface area contributed by atoms with Crippen molar-refractivity contribution in [3.63, 3.8) is 0 Å². The number of hydrogen-bond donors (Lipinski definition) is 0. The van der Waals surface area contributed by atoms with E-state index >= 15 is 0 Å². The van der Waals surface area contributed by atoms with Crippen LogP contribution in [0.15, 0.2) is 114 Å². The molecule has 4 nitrogen and oxygen atoms in total. The summed E-state index contributed by atoms with van der Waals surface area (Å²) in [7, 11) is 0. The van der Waals surface area contributed by atoms with Crippen LogP contribution in [0.3, 0.4) is 0 Å². The van der Waals surface area contributed by atoms with Crippen LogP contribution in [-0.2, 0) is 0 Å². The van der Waals surface area contributed by atoms with Crippen LogP contribution in [0.25, 0.3) is 16.7 Å². The third kappa shape index (κ3) is 3.66. The molecule has 3 aromatic carbocycles. The molecule has 33 heavy (non-hydrogen) atoms. The Balaban J connectivity index is 1.94. The first-order valence-electron chi connectivity index (χ1n) is 10.9. The van der Waals surface area contributed by atoms with Crippen LogP contribution in [0, 0.1) is 0 Å². The first-order valence-corrected chi connectivity index (χ1v) is 10.9. The quantitative estimate of drug-likeness (QED) is 0.333. The van der Waals surface area contributed by atoms with Gasteiger partial charge in [-0.2, -0.15) is 0 Å². The van der Waals surface area contributed by atoms with Crippen molar-refractivity contribution in [3.05, 3.63) is 142 Å². The minimum Gasteiger partial charge on any atom is -0.297 e. The molecular weight excluding hydrogens is 408 g/mol.